The summed E-state index contributed by atoms with van der Waals surface area (Å²) in [5, 5.41) is 3.82. The molecule has 1 nitrogen and oxygen atoms in total. The summed E-state index contributed by atoms with van der Waals surface area (Å²) in [4.78, 5) is 0. The minimum Gasteiger partial charge on any atom is -0.315 e. The van der Waals surface area contributed by atoms with Crippen LogP contribution in [0.5, 0.6) is 0 Å². The Morgan fingerprint density at radius 1 is 0.944 bits per heavy atom. The summed E-state index contributed by atoms with van der Waals surface area (Å²) in [6.45, 7) is 2.53. The lowest BCUT2D eigenvalue weighted by Crippen LogP contribution is -2.37. The largest absolute Gasteiger partial charge is 0.315 e. The fraction of sp³-hybridized carbons (Fsp3) is 1.00. The summed E-state index contributed by atoms with van der Waals surface area (Å²) >= 11 is 2.11. The van der Waals surface area contributed by atoms with Gasteiger partial charge in [-0.15, -0.1) is 0 Å². The predicted molar refractivity (Wildman–Crippen MR) is 83.4 cm³/mol. The van der Waals surface area contributed by atoms with Gasteiger partial charge in [-0.25, -0.2) is 0 Å². The number of hydrogen-bond acceptors (Lipinski definition) is 2. The third-order valence-electron chi connectivity index (χ3n) is 5.05. The maximum absolute atomic E-state index is 3.82. The van der Waals surface area contributed by atoms with E-state index in [1.165, 1.54) is 83.7 Å². The third kappa shape index (κ3) is 4.45. The molecule has 2 heteroatoms. The first kappa shape index (κ1) is 14.7. The number of rotatable bonds is 5. The van der Waals surface area contributed by atoms with E-state index >= 15 is 0 Å². The molecular formula is C16H31NS. The maximum Gasteiger partial charge on any atom is 0.0281 e. The van der Waals surface area contributed by atoms with Crippen molar-refractivity contribution in [3.63, 3.8) is 0 Å². The van der Waals surface area contributed by atoms with Crippen molar-refractivity contribution in [1.82, 2.24) is 5.32 Å². The minimum atomic E-state index is 0.585. The van der Waals surface area contributed by atoms with Gasteiger partial charge in [-0.05, 0) is 44.4 Å². The van der Waals surface area contributed by atoms with Crippen LogP contribution in [0.3, 0.4) is 0 Å². The second-order valence-electron chi connectivity index (χ2n) is 6.44. The summed E-state index contributed by atoms with van der Waals surface area (Å²) in [7, 11) is 0. The highest BCUT2D eigenvalue weighted by atomic mass is 32.2. The molecule has 0 spiro atoms. The van der Waals surface area contributed by atoms with Gasteiger partial charge in [0.15, 0.2) is 0 Å². The number of thioether (sulfide) groups is 1. The maximum atomic E-state index is 3.82. The third-order valence-corrected chi connectivity index (χ3v) is 6.47. The van der Waals surface area contributed by atoms with Crippen molar-refractivity contribution in [1.29, 1.82) is 0 Å². The summed E-state index contributed by atoms with van der Waals surface area (Å²) in [6.07, 6.45) is 18.4. The van der Waals surface area contributed by atoms with E-state index in [2.05, 4.69) is 23.3 Å². The zero-order valence-corrected chi connectivity index (χ0v) is 13.0. The number of nitrogens with one attached hydrogen (secondary N) is 1. The normalized spacial score (nSPS) is 25.8. The fourth-order valence-electron chi connectivity index (χ4n) is 3.72. The van der Waals surface area contributed by atoms with Crippen LogP contribution in [0.1, 0.15) is 70.6 Å². The summed E-state index contributed by atoms with van der Waals surface area (Å²) in [6, 6.07) is 0. The van der Waals surface area contributed by atoms with Crippen molar-refractivity contribution in [2.24, 2.45) is 5.92 Å². The van der Waals surface area contributed by atoms with Crippen molar-refractivity contribution in [3.05, 3.63) is 0 Å². The van der Waals surface area contributed by atoms with E-state index in [-0.39, 0.29) is 0 Å². The Balaban J connectivity index is 1.66. The molecule has 0 aromatic carbocycles. The fourth-order valence-corrected chi connectivity index (χ4v) is 4.66. The van der Waals surface area contributed by atoms with Crippen molar-refractivity contribution in [3.8, 4) is 0 Å². The smallest absolute Gasteiger partial charge is 0.0281 e. The van der Waals surface area contributed by atoms with E-state index < -0.39 is 0 Å². The molecule has 0 heterocycles. The van der Waals surface area contributed by atoms with Crippen LogP contribution in [0.4, 0.5) is 0 Å². The first-order valence-electron chi connectivity index (χ1n) is 8.10. The van der Waals surface area contributed by atoms with Crippen LogP contribution >= 0.6 is 11.8 Å². The van der Waals surface area contributed by atoms with E-state index in [4.69, 9.17) is 0 Å². The van der Waals surface area contributed by atoms with E-state index in [1.807, 2.05) is 0 Å². The van der Waals surface area contributed by atoms with E-state index in [0.29, 0.717) is 4.75 Å². The first-order valence-corrected chi connectivity index (χ1v) is 9.33. The zero-order valence-electron chi connectivity index (χ0n) is 12.2. The monoisotopic (exact) mass is 269 g/mol. The van der Waals surface area contributed by atoms with Gasteiger partial charge in [0, 0.05) is 11.3 Å². The van der Waals surface area contributed by atoms with Crippen LogP contribution in [-0.2, 0) is 0 Å². The van der Waals surface area contributed by atoms with Crippen LogP contribution in [-0.4, -0.2) is 24.1 Å². The molecule has 2 rings (SSSR count). The summed E-state index contributed by atoms with van der Waals surface area (Å²) in [5.41, 5.74) is 0. The van der Waals surface area contributed by atoms with Gasteiger partial charge in [0.25, 0.3) is 0 Å². The highest BCUT2D eigenvalue weighted by molar-refractivity contribution is 8.00. The second-order valence-corrected chi connectivity index (χ2v) is 7.71. The van der Waals surface area contributed by atoms with Crippen molar-refractivity contribution in [2.45, 2.75) is 75.4 Å². The SMILES string of the molecule is CSC1(CNCC2CCCCCCC2)CCCC1. The molecule has 0 saturated heterocycles. The molecular weight excluding hydrogens is 238 g/mol. The molecule has 2 saturated carbocycles. The Hall–Kier alpha value is 0.310. The van der Waals surface area contributed by atoms with Gasteiger partial charge in [0.1, 0.15) is 0 Å². The lowest BCUT2D eigenvalue weighted by Gasteiger charge is -2.28. The van der Waals surface area contributed by atoms with Gasteiger partial charge in [0.2, 0.25) is 0 Å². The van der Waals surface area contributed by atoms with Crippen molar-refractivity contribution in [2.75, 3.05) is 19.3 Å². The van der Waals surface area contributed by atoms with Crippen molar-refractivity contribution >= 4 is 11.8 Å². The Morgan fingerprint density at radius 3 is 2.17 bits per heavy atom. The van der Waals surface area contributed by atoms with E-state index in [0.717, 1.165) is 5.92 Å². The second kappa shape index (κ2) is 7.79. The van der Waals surface area contributed by atoms with Crippen molar-refractivity contribution < 1.29 is 0 Å². The van der Waals surface area contributed by atoms with Crippen LogP contribution in [0.15, 0.2) is 0 Å². The Bertz CT molecular complexity index is 215. The molecule has 0 aromatic heterocycles. The highest BCUT2D eigenvalue weighted by Crippen LogP contribution is 2.39. The molecule has 1 N–H and O–H groups in total. The van der Waals surface area contributed by atoms with Crippen LogP contribution in [0.25, 0.3) is 0 Å². The van der Waals surface area contributed by atoms with E-state index in [1.54, 1.807) is 0 Å². The van der Waals surface area contributed by atoms with Gasteiger partial charge in [-0.2, -0.15) is 11.8 Å². The molecule has 2 aliphatic carbocycles. The molecule has 0 atom stereocenters. The first-order chi connectivity index (χ1) is 8.85. The average molecular weight is 269 g/mol. The highest BCUT2D eigenvalue weighted by Gasteiger charge is 2.32. The lowest BCUT2D eigenvalue weighted by molar-refractivity contribution is 0.354. The molecule has 18 heavy (non-hydrogen) atoms. The predicted octanol–water partition coefficient (Wildman–Crippen LogP) is 4.61. The van der Waals surface area contributed by atoms with E-state index in [9.17, 15) is 0 Å². The van der Waals surface area contributed by atoms with Gasteiger partial charge in [0.05, 0.1) is 0 Å². The van der Waals surface area contributed by atoms with Gasteiger partial charge in [-0.1, -0.05) is 44.9 Å². The van der Waals surface area contributed by atoms with Crippen LogP contribution < -0.4 is 5.32 Å². The Morgan fingerprint density at radius 2 is 1.56 bits per heavy atom. The molecule has 0 aliphatic heterocycles. The lowest BCUT2D eigenvalue weighted by atomic mass is 9.91. The molecule has 0 amide bonds. The molecule has 2 fully saturated rings. The topological polar surface area (TPSA) is 12.0 Å². The molecule has 0 radical (unpaired) electrons. The number of hydrogen-bond donors (Lipinski definition) is 1. The summed E-state index contributed by atoms with van der Waals surface area (Å²) in [5.74, 6) is 0.964. The molecule has 106 valence electrons. The van der Waals surface area contributed by atoms with Gasteiger partial charge < -0.3 is 5.32 Å². The van der Waals surface area contributed by atoms with Gasteiger partial charge >= 0.3 is 0 Å². The van der Waals surface area contributed by atoms with Gasteiger partial charge in [-0.3, -0.25) is 0 Å². The Kier molecular flexibility index (Phi) is 6.37. The standard InChI is InChI=1S/C16H31NS/c1-18-16(11-7-8-12-16)14-17-13-15-9-5-3-2-4-6-10-15/h15,17H,2-14H2,1H3. The average Bonchev–Trinajstić information content (AvgIpc) is 2.81. The molecule has 0 aromatic rings. The zero-order chi connectivity index (χ0) is 12.7. The Labute approximate surface area is 118 Å². The molecule has 0 bridgehead atoms. The van der Waals surface area contributed by atoms with Crippen LogP contribution in [0.2, 0.25) is 0 Å². The minimum absolute atomic E-state index is 0.585. The van der Waals surface area contributed by atoms with Crippen LogP contribution in [0, 0.1) is 5.92 Å². The molecule has 2 aliphatic rings. The quantitative estimate of drug-likeness (QED) is 0.782. The summed E-state index contributed by atoms with van der Waals surface area (Å²) < 4.78 is 0.585. The molecule has 0 unspecified atom stereocenters.